The highest BCUT2D eigenvalue weighted by atomic mass is 32.2. The minimum Gasteiger partial charge on any atom is -0.508 e. The average Bonchev–Trinajstić information content (AvgIpc) is 2.83. The predicted molar refractivity (Wildman–Crippen MR) is 81.0 cm³/mol. The van der Waals surface area contributed by atoms with Gasteiger partial charge in [-0.05, 0) is 36.8 Å². The van der Waals surface area contributed by atoms with Gasteiger partial charge in [0.25, 0.3) is 0 Å². The molecule has 0 unspecified atom stereocenters. The number of aromatic hydroxyl groups is 1. The number of rotatable bonds is 2. The van der Waals surface area contributed by atoms with E-state index in [1.165, 1.54) is 12.3 Å². The van der Waals surface area contributed by atoms with E-state index in [2.05, 4.69) is 9.97 Å². The first-order valence-corrected chi connectivity index (χ1v) is 8.23. The molecule has 0 aliphatic heterocycles. The van der Waals surface area contributed by atoms with Crippen LogP contribution in [0.4, 0.5) is 0 Å². The molecule has 5 nitrogen and oxygen atoms in total. The first-order chi connectivity index (χ1) is 9.84. The van der Waals surface area contributed by atoms with Gasteiger partial charge >= 0.3 is 0 Å². The number of sulfone groups is 1. The molecule has 1 heterocycles. The number of aromatic amines is 1. The molecule has 2 aromatic carbocycles. The molecule has 3 rings (SSSR count). The van der Waals surface area contributed by atoms with Gasteiger partial charge in [0.15, 0.2) is 9.84 Å². The summed E-state index contributed by atoms with van der Waals surface area (Å²) < 4.78 is 23.1. The van der Waals surface area contributed by atoms with E-state index >= 15 is 0 Å². The smallest absolute Gasteiger partial charge is 0.175 e. The molecule has 0 saturated carbocycles. The lowest BCUT2D eigenvalue weighted by Crippen LogP contribution is -1.96. The van der Waals surface area contributed by atoms with Crippen LogP contribution in [0.1, 0.15) is 5.56 Å². The van der Waals surface area contributed by atoms with Crippen LogP contribution in [0.3, 0.4) is 0 Å². The van der Waals surface area contributed by atoms with Crippen LogP contribution in [0.2, 0.25) is 0 Å². The number of nitrogens with zero attached hydrogens (tertiary/aromatic N) is 1. The van der Waals surface area contributed by atoms with Crippen LogP contribution in [0, 0.1) is 6.92 Å². The van der Waals surface area contributed by atoms with Gasteiger partial charge in [-0.15, -0.1) is 0 Å². The van der Waals surface area contributed by atoms with Crippen molar-refractivity contribution >= 4 is 20.9 Å². The Morgan fingerprint density at radius 3 is 2.57 bits per heavy atom. The van der Waals surface area contributed by atoms with Crippen LogP contribution in [-0.2, 0) is 9.84 Å². The lowest BCUT2D eigenvalue weighted by molar-refractivity contribution is 0.471. The van der Waals surface area contributed by atoms with E-state index in [4.69, 9.17) is 0 Å². The number of hydrogen-bond acceptors (Lipinski definition) is 4. The second-order valence-electron chi connectivity index (χ2n) is 5.04. The van der Waals surface area contributed by atoms with Crippen molar-refractivity contribution in [3.63, 3.8) is 0 Å². The molecule has 0 atom stereocenters. The van der Waals surface area contributed by atoms with E-state index in [1.807, 2.05) is 13.0 Å². The molecule has 0 fully saturated rings. The first-order valence-electron chi connectivity index (χ1n) is 6.34. The fraction of sp³-hybridized carbons (Fsp3) is 0.133. The normalized spacial score (nSPS) is 11.9. The zero-order valence-corrected chi connectivity index (χ0v) is 12.4. The number of phenolic OH excluding ortho intramolecular Hbond substituents is 1. The molecule has 0 spiro atoms. The Hall–Kier alpha value is -2.34. The topological polar surface area (TPSA) is 83.0 Å². The van der Waals surface area contributed by atoms with Crippen LogP contribution in [-0.4, -0.2) is 29.7 Å². The van der Waals surface area contributed by atoms with Crippen molar-refractivity contribution in [1.29, 1.82) is 0 Å². The summed E-state index contributed by atoms with van der Waals surface area (Å²) in [5.74, 6) is 0.788. The molecular weight excluding hydrogens is 288 g/mol. The van der Waals surface area contributed by atoms with E-state index in [1.54, 1.807) is 24.3 Å². The monoisotopic (exact) mass is 302 g/mol. The Morgan fingerprint density at radius 2 is 1.90 bits per heavy atom. The predicted octanol–water partition coefficient (Wildman–Crippen LogP) is 2.65. The highest BCUT2D eigenvalue weighted by Crippen LogP contribution is 2.26. The zero-order valence-electron chi connectivity index (χ0n) is 11.6. The van der Waals surface area contributed by atoms with Crippen molar-refractivity contribution in [2.75, 3.05) is 6.26 Å². The number of H-pyrrole nitrogens is 1. The lowest BCUT2D eigenvalue weighted by atomic mass is 10.1. The van der Waals surface area contributed by atoms with Gasteiger partial charge in [0.2, 0.25) is 0 Å². The maximum absolute atomic E-state index is 11.6. The van der Waals surface area contributed by atoms with Gasteiger partial charge in [-0.2, -0.15) is 0 Å². The molecule has 3 aromatic rings. The lowest BCUT2D eigenvalue weighted by Gasteiger charge is -2.00. The van der Waals surface area contributed by atoms with Gasteiger partial charge in [0.05, 0.1) is 15.9 Å². The fourth-order valence-electron chi connectivity index (χ4n) is 2.11. The summed E-state index contributed by atoms with van der Waals surface area (Å²) in [7, 11) is -3.25. The van der Waals surface area contributed by atoms with E-state index in [-0.39, 0.29) is 10.6 Å². The summed E-state index contributed by atoms with van der Waals surface area (Å²) in [6.45, 7) is 1.82. The second-order valence-corrected chi connectivity index (χ2v) is 7.05. The number of imidazole rings is 1. The Morgan fingerprint density at radius 1 is 1.14 bits per heavy atom. The molecule has 0 aliphatic carbocycles. The zero-order chi connectivity index (χ0) is 15.2. The van der Waals surface area contributed by atoms with Crippen molar-refractivity contribution in [2.45, 2.75) is 11.8 Å². The molecule has 0 bridgehead atoms. The van der Waals surface area contributed by atoms with Crippen molar-refractivity contribution in [3.05, 3.63) is 42.0 Å². The van der Waals surface area contributed by atoms with Crippen molar-refractivity contribution in [3.8, 4) is 17.1 Å². The minimum absolute atomic E-state index is 0.199. The summed E-state index contributed by atoms with van der Waals surface area (Å²) >= 11 is 0. The third-order valence-corrected chi connectivity index (χ3v) is 4.47. The first kappa shape index (κ1) is 13.6. The van der Waals surface area contributed by atoms with Gasteiger partial charge in [0.1, 0.15) is 11.6 Å². The van der Waals surface area contributed by atoms with Gasteiger partial charge < -0.3 is 10.1 Å². The number of fused-ring (bicyclic) bond motifs is 1. The van der Waals surface area contributed by atoms with Crippen LogP contribution >= 0.6 is 0 Å². The van der Waals surface area contributed by atoms with Crippen LogP contribution in [0.15, 0.2) is 41.3 Å². The molecule has 0 aliphatic rings. The van der Waals surface area contributed by atoms with Gasteiger partial charge in [-0.25, -0.2) is 13.4 Å². The van der Waals surface area contributed by atoms with Crippen LogP contribution < -0.4 is 0 Å². The Labute approximate surface area is 122 Å². The van der Waals surface area contributed by atoms with E-state index < -0.39 is 9.84 Å². The maximum Gasteiger partial charge on any atom is 0.175 e. The molecular formula is C15H14N2O3S. The van der Waals surface area contributed by atoms with E-state index in [0.29, 0.717) is 16.9 Å². The summed E-state index contributed by atoms with van der Waals surface area (Å²) in [5.41, 5.74) is 2.86. The van der Waals surface area contributed by atoms with Crippen LogP contribution in [0.25, 0.3) is 22.4 Å². The van der Waals surface area contributed by atoms with Crippen molar-refractivity contribution in [1.82, 2.24) is 9.97 Å². The Kier molecular flexibility index (Phi) is 2.98. The third kappa shape index (κ3) is 2.50. The van der Waals surface area contributed by atoms with Crippen molar-refractivity contribution < 1.29 is 13.5 Å². The fourth-order valence-corrected chi connectivity index (χ4v) is 2.76. The SMILES string of the molecule is Cc1ccc(-c2nc3ccc(S(C)(=O)=O)cc3[nH]2)cc1O. The largest absolute Gasteiger partial charge is 0.508 e. The molecule has 6 heteroatoms. The minimum atomic E-state index is -3.25. The molecule has 2 N–H and O–H groups in total. The molecule has 108 valence electrons. The molecule has 0 saturated heterocycles. The number of benzene rings is 2. The quantitative estimate of drug-likeness (QED) is 0.762. The molecule has 0 radical (unpaired) electrons. The van der Waals surface area contributed by atoms with Crippen molar-refractivity contribution in [2.24, 2.45) is 0 Å². The van der Waals surface area contributed by atoms with E-state index in [0.717, 1.165) is 11.1 Å². The number of nitrogens with one attached hydrogen (secondary N) is 1. The maximum atomic E-state index is 11.6. The standard InChI is InChI=1S/C15H14N2O3S/c1-9-3-4-10(7-14(9)18)15-16-12-6-5-11(21(2,19)20)8-13(12)17-15/h3-8,18H,1-2H3,(H,16,17). The van der Waals surface area contributed by atoms with E-state index in [9.17, 15) is 13.5 Å². The number of phenols is 1. The summed E-state index contributed by atoms with van der Waals surface area (Å²) in [6.07, 6.45) is 1.17. The third-order valence-electron chi connectivity index (χ3n) is 3.36. The molecule has 21 heavy (non-hydrogen) atoms. The number of hydrogen-bond donors (Lipinski definition) is 2. The Balaban J connectivity index is 2.14. The van der Waals surface area contributed by atoms with Gasteiger partial charge in [-0.3, -0.25) is 0 Å². The number of aryl methyl sites for hydroxylation is 1. The summed E-state index contributed by atoms with van der Waals surface area (Å²) in [4.78, 5) is 7.75. The molecule has 0 amide bonds. The second kappa shape index (κ2) is 4.60. The average molecular weight is 302 g/mol. The summed E-state index contributed by atoms with van der Waals surface area (Å²) in [5, 5.41) is 9.77. The van der Waals surface area contributed by atoms with Gasteiger partial charge in [-0.1, -0.05) is 12.1 Å². The highest BCUT2D eigenvalue weighted by Gasteiger charge is 2.11. The Bertz CT molecular complexity index is 943. The molecule has 1 aromatic heterocycles. The summed E-state index contributed by atoms with van der Waals surface area (Å²) in [6, 6.07) is 10.1. The number of aromatic nitrogens is 2. The highest BCUT2D eigenvalue weighted by molar-refractivity contribution is 7.90. The van der Waals surface area contributed by atoms with Gasteiger partial charge in [0, 0.05) is 11.8 Å². The van der Waals surface area contributed by atoms with Crippen LogP contribution in [0.5, 0.6) is 5.75 Å².